The van der Waals surface area contributed by atoms with Gasteiger partial charge in [-0.15, -0.1) is 0 Å². The molecule has 0 rings (SSSR count). The highest BCUT2D eigenvalue weighted by molar-refractivity contribution is 5.85. The summed E-state index contributed by atoms with van der Waals surface area (Å²) in [6.07, 6.45) is 30.3. The highest BCUT2D eigenvalue weighted by atomic mass is 16.5. The fraction of sp³-hybridized carbons (Fsp3) is 0.921. The number of carbonyl (C=O) groups is 3. The zero-order chi connectivity index (χ0) is 32.5. The van der Waals surface area contributed by atoms with E-state index in [1.807, 2.05) is 0 Å². The van der Waals surface area contributed by atoms with Crippen LogP contribution in [0.25, 0.3) is 0 Å². The third-order valence-electron chi connectivity index (χ3n) is 8.82. The van der Waals surface area contributed by atoms with Crippen molar-refractivity contribution in [2.75, 3.05) is 13.2 Å². The zero-order valence-corrected chi connectivity index (χ0v) is 29.8. The number of hydrogen-bond acceptors (Lipinski definition) is 4. The second-order valence-corrected chi connectivity index (χ2v) is 13.0. The van der Waals surface area contributed by atoms with Crippen LogP contribution in [0.1, 0.15) is 201 Å². The van der Waals surface area contributed by atoms with Crippen LogP contribution in [0.5, 0.6) is 0 Å². The van der Waals surface area contributed by atoms with Gasteiger partial charge in [-0.1, -0.05) is 149 Å². The van der Waals surface area contributed by atoms with Crippen molar-refractivity contribution < 1.29 is 19.1 Å². The molecule has 0 saturated heterocycles. The fourth-order valence-corrected chi connectivity index (χ4v) is 5.92. The molecule has 2 N–H and O–H groups in total. The van der Waals surface area contributed by atoms with E-state index in [2.05, 4.69) is 31.4 Å². The second kappa shape index (κ2) is 32.8. The average molecular weight is 623 g/mol. The minimum atomic E-state index is -0.614. The van der Waals surface area contributed by atoms with Crippen molar-refractivity contribution in [2.45, 2.75) is 207 Å². The Kier molecular flexibility index (Phi) is 31.6. The van der Waals surface area contributed by atoms with Gasteiger partial charge in [-0.25, -0.2) is 4.79 Å². The van der Waals surface area contributed by atoms with Gasteiger partial charge < -0.3 is 15.4 Å². The van der Waals surface area contributed by atoms with Crippen molar-refractivity contribution in [2.24, 2.45) is 5.92 Å². The second-order valence-electron chi connectivity index (χ2n) is 13.0. The van der Waals surface area contributed by atoms with Gasteiger partial charge in [-0.2, -0.15) is 0 Å². The molecule has 0 aliphatic rings. The molecule has 0 aliphatic carbocycles. The summed E-state index contributed by atoms with van der Waals surface area (Å²) in [4.78, 5) is 38.4. The van der Waals surface area contributed by atoms with Crippen LogP contribution in [0.15, 0.2) is 0 Å². The van der Waals surface area contributed by atoms with Crippen molar-refractivity contribution in [3.63, 3.8) is 0 Å². The number of amides is 2. The Bertz CT molecular complexity index is 669. The van der Waals surface area contributed by atoms with Gasteiger partial charge in [0.15, 0.2) is 0 Å². The monoisotopic (exact) mass is 623 g/mol. The Labute approximate surface area is 273 Å². The predicted molar refractivity (Wildman–Crippen MR) is 187 cm³/mol. The molecule has 0 radical (unpaired) electrons. The Morgan fingerprint density at radius 2 is 0.955 bits per heavy atom. The van der Waals surface area contributed by atoms with E-state index in [0.29, 0.717) is 26.0 Å². The molecule has 0 aromatic rings. The van der Waals surface area contributed by atoms with Gasteiger partial charge in [-0.3, -0.25) is 9.59 Å². The Balaban J connectivity index is 4.53. The van der Waals surface area contributed by atoms with Crippen LogP contribution < -0.4 is 10.6 Å². The van der Waals surface area contributed by atoms with Crippen LogP contribution in [0.4, 0.5) is 0 Å². The number of ether oxygens (including phenoxy) is 1. The van der Waals surface area contributed by atoms with E-state index < -0.39 is 6.04 Å². The average Bonchev–Trinajstić information content (AvgIpc) is 3.01. The summed E-state index contributed by atoms with van der Waals surface area (Å²) in [5.74, 6) is -0.244. The summed E-state index contributed by atoms with van der Waals surface area (Å²) in [7, 11) is 0. The first-order chi connectivity index (χ1) is 21.5. The molecule has 0 fully saturated rings. The summed E-state index contributed by atoms with van der Waals surface area (Å²) in [6, 6.07) is -0.614. The molecule has 44 heavy (non-hydrogen) atoms. The molecule has 1 unspecified atom stereocenters. The zero-order valence-electron chi connectivity index (χ0n) is 29.8. The molecule has 2 amide bonds. The SMILES string of the molecule is CCCCCCCCCCCC(=O)NCCCC[C@H](NC(=O)C(CCCCCCC)CCCCCCCCC)C(=O)OCC. The first-order valence-corrected chi connectivity index (χ1v) is 19.2. The number of carbonyl (C=O) groups excluding carboxylic acids is 3. The van der Waals surface area contributed by atoms with Gasteiger partial charge >= 0.3 is 5.97 Å². The molecule has 0 bridgehead atoms. The van der Waals surface area contributed by atoms with Crippen molar-refractivity contribution in [3.8, 4) is 0 Å². The van der Waals surface area contributed by atoms with E-state index in [4.69, 9.17) is 4.74 Å². The van der Waals surface area contributed by atoms with Gasteiger partial charge in [0.2, 0.25) is 11.8 Å². The molecular formula is C38H74N2O4. The van der Waals surface area contributed by atoms with Crippen molar-refractivity contribution >= 4 is 17.8 Å². The number of rotatable bonds is 33. The predicted octanol–water partition coefficient (Wildman–Crippen LogP) is 10.4. The lowest BCUT2D eigenvalue weighted by molar-refractivity contribution is -0.148. The van der Waals surface area contributed by atoms with E-state index in [0.717, 1.165) is 51.4 Å². The molecule has 6 nitrogen and oxygen atoms in total. The molecule has 0 saturated carbocycles. The van der Waals surface area contributed by atoms with Crippen molar-refractivity contribution in [1.29, 1.82) is 0 Å². The third kappa shape index (κ3) is 26.8. The van der Waals surface area contributed by atoms with Crippen LogP contribution >= 0.6 is 0 Å². The first-order valence-electron chi connectivity index (χ1n) is 19.2. The smallest absolute Gasteiger partial charge is 0.328 e. The van der Waals surface area contributed by atoms with Gasteiger partial charge in [-0.05, 0) is 45.4 Å². The van der Waals surface area contributed by atoms with E-state index in [1.165, 1.54) is 109 Å². The molecule has 0 aromatic heterocycles. The number of hydrogen-bond donors (Lipinski definition) is 2. The normalized spacial score (nSPS) is 12.5. The molecule has 2 atom stereocenters. The summed E-state index contributed by atoms with van der Waals surface area (Å²) in [6.45, 7) is 9.43. The molecule has 0 aliphatic heterocycles. The molecule has 0 heterocycles. The minimum Gasteiger partial charge on any atom is -0.464 e. The maximum atomic E-state index is 13.4. The Morgan fingerprint density at radius 3 is 1.43 bits per heavy atom. The van der Waals surface area contributed by atoms with Crippen LogP contribution in [0, 0.1) is 5.92 Å². The van der Waals surface area contributed by atoms with Gasteiger partial charge in [0.1, 0.15) is 6.04 Å². The van der Waals surface area contributed by atoms with Gasteiger partial charge in [0.05, 0.1) is 6.61 Å². The van der Waals surface area contributed by atoms with Crippen LogP contribution in [-0.2, 0) is 19.1 Å². The molecule has 0 aromatic carbocycles. The summed E-state index contributed by atoms with van der Waals surface area (Å²) in [5, 5.41) is 6.11. The minimum absolute atomic E-state index is 0.0128. The lowest BCUT2D eigenvalue weighted by Gasteiger charge is -2.22. The van der Waals surface area contributed by atoms with Crippen LogP contribution in [-0.4, -0.2) is 37.0 Å². The number of unbranched alkanes of at least 4 members (excludes halogenated alkanes) is 19. The van der Waals surface area contributed by atoms with Crippen molar-refractivity contribution in [3.05, 3.63) is 0 Å². The number of esters is 1. The quantitative estimate of drug-likeness (QED) is 0.0563. The largest absolute Gasteiger partial charge is 0.464 e. The summed E-state index contributed by atoms with van der Waals surface area (Å²) in [5.41, 5.74) is 0. The van der Waals surface area contributed by atoms with E-state index in [-0.39, 0.29) is 23.7 Å². The van der Waals surface area contributed by atoms with Crippen LogP contribution in [0.2, 0.25) is 0 Å². The molecule has 6 heteroatoms. The Morgan fingerprint density at radius 1 is 0.523 bits per heavy atom. The maximum absolute atomic E-state index is 13.4. The lowest BCUT2D eigenvalue weighted by atomic mass is 9.92. The van der Waals surface area contributed by atoms with E-state index in [9.17, 15) is 14.4 Å². The highest BCUT2D eigenvalue weighted by Crippen LogP contribution is 2.20. The molecule has 0 spiro atoms. The standard InChI is InChI=1S/C38H74N2O4/c1-5-9-12-15-17-18-20-23-26-32-36(41)39-33-28-27-31-35(38(43)44-8-4)40-37(42)34(29-24-21-14-11-7-3)30-25-22-19-16-13-10-6-2/h34-35H,5-33H2,1-4H3,(H,39,41)(H,40,42)/t34?,35-/m0/s1. The third-order valence-corrected chi connectivity index (χ3v) is 8.82. The van der Waals surface area contributed by atoms with Crippen molar-refractivity contribution in [1.82, 2.24) is 10.6 Å². The molecular weight excluding hydrogens is 548 g/mol. The summed E-state index contributed by atoms with van der Waals surface area (Å²) < 4.78 is 5.32. The van der Waals surface area contributed by atoms with E-state index >= 15 is 0 Å². The maximum Gasteiger partial charge on any atom is 0.328 e. The van der Waals surface area contributed by atoms with Gasteiger partial charge in [0, 0.05) is 18.9 Å². The number of nitrogens with one attached hydrogen (secondary N) is 2. The Hall–Kier alpha value is -1.59. The summed E-state index contributed by atoms with van der Waals surface area (Å²) >= 11 is 0. The lowest BCUT2D eigenvalue weighted by Crippen LogP contribution is -2.44. The fourth-order valence-electron chi connectivity index (χ4n) is 5.92. The van der Waals surface area contributed by atoms with Gasteiger partial charge in [0.25, 0.3) is 0 Å². The molecule has 260 valence electrons. The topological polar surface area (TPSA) is 84.5 Å². The first kappa shape index (κ1) is 42.4. The van der Waals surface area contributed by atoms with Crippen LogP contribution in [0.3, 0.4) is 0 Å². The highest BCUT2D eigenvalue weighted by Gasteiger charge is 2.26. The van der Waals surface area contributed by atoms with E-state index in [1.54, 1.807) is 6.92 Å².